The highest BCUT2D eigenvalue weighted by atomic mass is 79.9. The van der Waals surface area contributed by atoms with Crippen LogP contribution in [0.5, 0.6) is 0 Å². The molecule has 4 heteroatoms. The highest BCUT2D eigenvalue weighted by Gasteiger charge is 2.12. The number of thioether (sulfide) groups is 1. The van der Waals surface area contributed by atoms with Gasteiger partial charge in [-0.2, -0.15) is 0 Å². The Morgan fingerprint density at radius 1 is 1.16 bits per heavy atom. The molecule has 0 aliphatic carbocycles. The molecule has 0 bridgehead atoms. The third-order valence-electron chi connectivity index (χ3n) is 3.00. The molecule has 0 aliphatic rings. The lowest BCUT2D eigenvalue weighted by atomic mass is 10.0. The van der Waals surface area contributed by atoms with Crippen molar-refractivity contribution in [2.75, 3.05) is 5.75 Å². The normalized spacial score (nSPS) is 12.4. The summed E-state index contributed by atoms with van der Waals surface area (Å²) in [6.45, 7) is 2.12. The zero-order valence-electron chi connectivity index (χ0n) is 10.8. The van der Waals surface area contributed by atoms with Crippen molar-refractivity contribution < 1.29 is 0 Å². The molecule has 2 aromatic carbocycles. The van der Waals surface area contributed by atoms with Crippen molar-refractivity contribution in [3.8, 4) is 0 Å². The molecule has 1 unspecified atom stereocenters. The van der Waals surface area contributed by atoms with Gasteiger partial charge in [-0.05, 0) is 42.3 Å². The molecule has 0 aliphatic heterocycles. The maximum atomic E-state index is 5.69. The first-order valence-corrected chi connectivity index (χ1v) is 7.88. The second-order valence-electron chi connectivity index (χ2n) is 4.34. The molecule has 0 radical (unpaired) electrons. The van der Waals surface area contributed by atoms with Gasteiger partial charge in [0.15, 0.2) is 0 Å². The topological polar surface area (TPSA) is 38.0 Å². The summed E-state index contributed by atoms with van der Waals surface area (Å²) >= 11 is 5.25. The fraction of sp³-hybridized carbons (Fsp3) is 0.200. The Balaban J connectivity index is 2.04. The van der Waals surface area contributed by atoms with Gasteiger partial charge in [0.2, 0.25) is 0 Å². The van der Waals surface area contributed by atoms with E-state index in [1.807, 2.05) is 6.07 Å². The molecule has 1 atom stereocenters. The molecular weight excluding hydrogens is 320 g/mol. The van der Waals surface area contributed by atoms with E-state index in [0.717, 1.165) is 10.2 Å². The number of hydrogen-bond donors (Lipinski definition) is 2. The van der Waals surface area contributed by atoms with Crippen LogP contribution in [0.2, 0.25) is 0 Å². The predicted octanol–water partition coefficient (Wildman–Crippen LogP) is 4.05. The first-order chi connectivity index (χ1) is 9.20. The summed E-state index contributed by atoms with van der Waals surface area (Å²) in [5.74, 6) is 6.60. The molecule has 3 N–H and O–H groups in total. The highest BCUT2D eigenvalue weighted by Crippen LogP contribution is 2.26. The van der Waals surface area contributed by atoms with Crippen molar-refractivity contribution in [3.63, 3.8) is 0 Å². The van der Waals surface area contributed by atoms with Crippen LogP contribution in [0.3, 0.4) is 0 Å². The van der Waals surface area contributed by atoms with E-state index in [0.29, 0.717) is 0 Å². The van der Waals surface area contributed by atoms with Crippen LogP contribution in [0.15, 0.2) is 57.9 Å². The minimum Gasteiger partial charge on any atom is -0.271 e. The van der Waals surface area contributed by atoms with E-state index < -0.39 is 0 Å². The van der Waals surface area contributed by atoms with Crippen molar-refractivity contribution in [3.05, 3.63) is 64.1 Å². The van der Waals surface area contributed by atoms with E-state index in [9.17, 15) is 0 Å². The molecule has 2 rings (SSSR count). The maximum absolute atomic E-state index is 5.69. The van der Waals surface area contributed by atoms with Crippen LogP contribution in [-0.2, 0) is 0 Å². The molecular formula is C15H17BrN2S. The minimum absolute atomic E-state index is 0.162. The Kier molecular flexibility index (Phi) is 5.45. The van der Waals surface area contributed by atoms with Gasteiger partial charge < -0.3 is 0 Å². The first-order valence-electron chi connectivity index (χ1n) is 6.10. The molecule has 0 spiro atoms. The standard InChI is InChI=1S/C15H17BrN2S/c1-11-4-2-3-5-14(11)15(18-17)10-19-13-8-6-12(16)7-9-13/h2-9,15,18H,10,17H2,1H3. The number of benzene rings is 2. The van der Waals surface area contributed by atoms with Crippen molar-refractivity contribution >= 4 is 27.7 Å². The van der Waals surface area contributed by atoms with Gasteiger partial charge in [0, 0.05) is 15.1 Å². The molecule has 0 aromatic heterocycles. The molecule has 2 nitrogen and oxygen atoms in total. The number of nitrogens with two attached hydrogens (primary N) is 1. The van der Waals surface area contributed by atoms with E-state index in [1.165, 1.54) is 16.0 Å². The second-order valence-corrected chi connectivity index (χ2v) is 6.35. The fourth-order valence-electron chi connectivity index (χ4n) is 1.92. The van der Waals surface area contributed by atoms with Crippen molar-refractivity contribution in [2.24, 2.45) is 5.84 Å². The first kappa shape index (κ1) is 14.6. The molecule has 100 valence electrons. The van der Waals surface area contributed by atoms with E-state index in [4.69, 9.17) is 5.84 Å². The summed E-state index contributed by atoms with van der Waals surface area (Å²) in [4.78, 5) is 1.25. The second kappa shape index (κ2) is 7.10. The van der Waals surface area contributed by atoms with E-state index in [1.54, 1.807) is 11.8 Å². The van der Waals surface area contributed by atoms with Gasteiger partial charge >= 0.3 is 0 Å². The van der Waals surface area contributed by atoms with Crippen LogP contribution < -0.4 is 11.3 Å². The number of hydrazine groups is 1. The van der Waals surface area contributed by atoms with Crippen LogP contribution >= 0.6 is 27.7 Å². The molecule has 0 saturated carbocycles. The zero-order valence-corrected chi connectivity index (χ0v) is 13.2. The molecule has 0 fully saturated rings. The molecule has 2 aromatic rings. The summed E-state index contributed by atoms with van der Waals surface area (Å²) in [5, 5.41) is 0. The van der Waals surface area contributed by atoms with Crippen LogP contribution in [0.4, 0.5) is 0 Å². The average molecular weight is 337 g/mol. The smallest absolute Gasteiger partial charge is 0.0556 e. The molecule has 0 saturated heterocycles. The fourth-order valence-corrected chi connectivity index (χ4v) is 3.14. The number of nitrogens with one attached hydrogen (secondary N) is 1. The third-order valence-corrected chi connectivity index (χ3v) is 4.63. The molecule has 0 heterocycles. The quantitative estimate of drug-likeness (QED) is 0.491. The SMILES string of the molecule is Cc1ccccc1C(CSc1ccc(Br)cc1)NN. The van der Waals surface area contributed by atoms with Crippen LogP contribution in [0.25, 0.3) is 0 Å². The lowest BCUT2D eigenvalue weighted by Gasteiger charge is -2.18. The number of hydrogen-bond acceptors (Lipinski definition) is 3. The lowest BCUT2D eigenvalue weighted by Crippen LogP contribution is -2.30. The summed E-state index contributed by atoms with van der Waals surface area (Å²) in [5.41, 5.74) is 5.44. The van der Waals surface area contributed by atoms with Crippen molar-refractivity contribution in [2.45, 2.75) is 17.9 Å². The number of rotatable bonds is 5. The summed E-state index contributed by atoms with van der Waals surface area (Å²) in [6.07, 6.45) is 0. The highest BCUT2D eigenvalue weighted by molar-refractivity contribution is 9.10. The van der Waals surface area contributed by atoms with E-state index >= 15 is 0 Å². The van der Waals surface area contributed by atoms with E-state index in [2.05, 4.69) is 70.7 Å². The summed E-state index contributed by atoms with van der Waals surface area (Å²) in [7, 11) is 0. The monoisotopic (exact) mass is 336 g/mol. The Morgan fingerprint density at radius 3 is 2.47 bits per heavy atom. The third kappa shape index (κ3) is 4.08. The van der Waals surface area contributed by atoms with Gasteiger partial charge in [-0.3, -0.25) is 11.3 Å². The van der Waals surface area contributed by atoms with Gasteiger partial charge in [0.1, 0.15) is 0 Å². The lowest BCUT2D eigenvalue weighted by molar-refractivity contribution is 0.608. The molecule has 0 amide bonds. The Hall–Kier alpha value is -0.810. The molecule has 19 heavy (non-hydrogen) atoms. The van der Waals surface area contributed by atoms with Gasteiger partial charge in [0.05, 0.1) is 6.04 Å². The van der Waals surface area contributed by atoms with Crippen molar-refractivity contribution in [1.82, 2.24) is 5.43 Å². The van der Waals surface area contributed by atoms with Crippen molar-refractivity contribution in [1.29, 1.82) is 0 Å². The van der Waals surface area contributed by atoms with E-state index in [-0.39, 0.29) is 6.04 Å². The van der Waals surface area contributed by atoms with Gasteiger partial charge in [0.25, 0.3) is 0 Å². The average Bonchev–Trinajstić information content (AvgIpc) is 2.43. The number of aryl methyl sites for hydroxylation is 1. The summed E-state index contributed by atoms with van der Waals surface area (Å²) in [6, 6.07) is 16.8. The Morgan fingerprint density at radius 2 is 1.84 bits per heavy atom. The predicted molar refractivity (Wildman–Crippen MR) is 86.1 cm³/mol. The number of halogens is 1. The van der Waals surface area contributed by atoms with Crippen LogP contribution in [0, 0.1) is 6.92 Å². The van der Waals surface area contributed by atoms with Gasteiger partial charge in [-0.25, -0.2) is 0 Å². The summed E-state index contributed by atoms with van der Waals surface area (Å²) < 4.78 is 1.10. The largest absolute Gasteiger partial charge is 0.271 e. The zero-order chi connectivity index (χ0) is 13.7. The van der Waals surface area contributed by atoms with Crippen LogP contribution in [-0.4, -0.2) is 5.75 Å². The van der Waals surface area contributed by atoms with Gasteiger partial charge in [-0.15, -0.1) is 11.8 Å². The van der Waals surface area contributed by atoms with Gasteiger partial charge in [-0.1, -0.05) is 40.2 Å². The minimum atomic E-state index is 0.162. The Labute approximate surface area is 126 Å². The Bertz CT molecular complexity index is 528. The maximum Gasteiger partial charge on any atom is 0.0556 e. The van der Waals surface area contributed by atoms with Crippen LogP contribution in [0.1, 0.15) is 17.2 Å².